The van der Waals surface area contributed by atoms with Gasteiger partial charge in [0.2, 0.25) is 0 Å². The van der Waals surface area contributed by atoms with Crippen LogP contribution >= 0.6 is 0 Å². The van der Waals surface area contributed by atoms with Crippen molar-refractivity contribution in [3.8, 4) is 11.8 Å². The van der Waals surface area contributed by atoms with Crippen molar-refractivity contribution in [3.63, 3.8) is 0 Å². The molecule has 2 aromatic rings. The predicted molar refractivity (Wildman–Crippen MR) is 111 cm³/mol. The van der Waals surface area contributed by atoms with Crippen molar-refractivity contribution >= 4 is 23.3 Å². The highest BCUT2D eigenvalue weighted by Gasteiger charge is 2.19. The van der Waals surface area contributed by atoms with Gasteiger partial charge in [-0.3, -0.25) is 14.4 Å². The van der Waals surface area contributed by atoms with Crippen LogP contribution < -0.4 is 10.1 Å². The third-order valence-electron chi connectivity index (χ3n) is 4.16. The van der Waals surface area contributed by atoms with E-state index in [0.29, 0.717) is 29.2 Å². The highest BCUT2D eigenvalue weighted by molar-refractivity contribution is 5.98. The molecule has 0 fully saturated rings. The number of esters is 1. The topological polar surface area (TPSA) is 105 Å². The number of ether oxygens (including phenoxy) is 2. The Morgan fingerprint density at radius 1 is 1.03 bits per heavy atom. The normalized spacial score (nSPS) is 11.1. The molecule has 0 aliphatic heterocycles. The summed E-state index contributed by atoms with van der Waals surface area (Å²) in [6, 6.07) is 15.1. The molecule has 0 aromatic heterocycles. The summed E-state index contributed by atoms with van der Waals surface area (Å²) >= 11 is 0. The second-order valence-corrected chi connectivity index (χ2v) is 6.61. The average Bonchev–Trinajstić information content (AvgIpc) is 2.76. The van der Waals surface area contributed by atoms with Gasteiger partial charge >= 0.3 is 5.97 Å². The highest BCUT2D eigenvalue weighted by Crippen LogP contribution is 2.15. The SMILES string of the molecule is CCCOc1ccc(C(=O)CCC(=O)OC(C)C(=O)Nc2ccc(C#N)cc2)cc1. The first-order valence-electron chi connectivity index (χ1n) is 9.69. The standard InChI is InChI=1S/C23H24N2O5/c1-3-14-29-20-10-6-18(7-11-20)21(26)12-13-22(27)30-16(2)23(28)25-19-8-4-17(15-24)5-9-19/h4-11,16H,3,12-14H2,1-2H3,(H,25,28). The maximum Gasteiger partial charge on any atom is 0.307 e. The Kier molecular flexibility index (Phi) is 8.57. The fourth-order valence-electron chi connectivity index (χ4n) is 2.50. The zero-order valence-corrected chi connectivity index (χ0v) is 17.0. The predicted octanol–water partition coefficient (Wildman–Crippen LogP) is 3.88. The van der Waals surface area contributed by atoms with Gasteiger partial charge in [-0.1, -0.05) is 6.92 Å². The number of nitrogens with one attached hydrogen (secondary N) is 1. The van der Waals surface area contributed by atoms with Crippen molar-refractivity contribution < 1.29 is 23.9 Å². The van der Waals surface area contributed by atoms with E-state index < -0.39 is 18.0 Å². The number of carbonyl (C=O) groups excluding carboxylic acids is 3. The van der Waals surface area contributed by atoms with Crippen LogP contribution in [0.2, 0.25) is 0 Å². The first-order chi connectivity index (χ1) is 14.4. The lowest BCUT2D eigenvalue weighted by atomic mass is 10.1. The number of carbonyl (C=O) groups is 3. The zero-order chi connectivity index (χ0) is 21.9. The maximum absolute atomic E-state index is 12.2. The van der Waals surface area contributed by atoms with Crippen LogP contribution in [0.3, 0.4) is 0 Å². The minimum Gasteiger partial charge on any atom is -0.494 e. The van der Waals surface area contributed by atoms with Crippen molar-refractivity contribution in [1.29, 1.82) is 5.26 Å². The van der Waals surface area contributed by atoms with Crippen molar-refractivity contribution in [2.75, 3.05) is 11.9 Å². The molecule has 2 rings (SSSR count). The summed E-state index contributed by atoms with van der Waals surface area (Å²) in [5, 5.41) is 11.4. The monoisotopic (exact) mass is 408 g/mol. The Bertz CT molecular complexity index is 914. The van der Waals surface area contributed by atoms with E-state index in [1.807, 2.05) is 13.0 Å². The summed E-state index contributed by atoms with van der Waals surface area (Å²) in [5.74, 6) is -0.630. The number of amides is 1. The lowest BCUT2D eigenvalue weighted by molar-refractivity contribution is -0.153. The van der Waals surface area contributed by atoms with Crippen LogP contribution in [0.15, 0.2) is 48.5 Å². The largest absolute Gasteiger partial charge is 0.494 e. The average molecular weight is 408 g/mol. The van der Waals surface area contributed by atoms with E-state index in [2.05, 4.69) is 5.32 Å². The summed E-state index contributed by atoms with van der Waals surface area (Å²) in [4.78, 5) is 36.4. The smallest absolute Gasteiger partial charge is 0.307 e. The molecule has 0 aliphatic carbocycles. The Balaban J connectivity index is 1.77. The number of nitriles is 1. The number of benzene rings is 2. The van der Waals surface area contributed by atoms with Crippen LogP contribution in [0.1, 0.15) is 49.0 Å². The van der Waals surface area contributed by atoms with Crippen LogP contribution in [0, 0.1) is 11.3 Å². The van der Waals surface area contributed by atoms with Crippen molar-refractivity contribution in [1.82, 2.24) is 0 Å². The number of rotatable bonds is 10. The molecule has 0 saturated carbocycles. The number of ketones is 1. The van der Waals surface area contributed by atoms with E-state index in [1.54, 1.807) is 48.5 Å². The van der Waals surface area contributed by atoms with E-state index in [4.69, 9.17) is 14.7 Å². The molecule has 0 heterocycles. The van der Waals surface area contributed by atoms with E-state index in [0.717, 1.165) is 6.42 Å². The number of anilines is 1. The lowest BCUT2D eigenvalue weighted by Gasteiger charge is -2.13. The second kappa shape index (κ2) is 11.4. The Morgan fingerprint density at radius 3 is 2.30 bits per heavy atom. The van der Waals surface area contributed by atoms with Crippen molar-refractivity contribution in [3.05, 3.63) is 59.7 Å². The number of nitrogens with zero attached hydrogens (tertiary/aromatic N) is 1. The molecular formula is C23H24N2O5. The third kappa shape index (κ3) is 7.06. The quantitative estimate of drug-likeness (QED) is 0.472. The first-order valence-corrected chi connectivity index (χ1v) is 9.69. The van der Waals surface area contributed by atoms with Gasteiger partial charge < -0.3 is 14.8 Å². The van der Waals surface area contributed by atoms with Gasteiger partial charge in [0.1, 0.15) is 5.75 Å². The van der Waals surface area contributed by atoms with Crippen molar-refractivity contribution in [2.24, 2.45) is 0 Å². The van der Waals surface area contributed by atoms with Gasteiger partial charge in [0, 0.05) is 17.7 Å². The third-order valence-corrected chi connectivity index (χ3v) is 4.16. The molecule has 0 saturated heterocycles. The van der Waals surface area contributed by atoms with Crippen LogP contribution in [0.5, 0.6) is 5.75 Å². The Hall–Kier alpha value is -3.66. The van der Waals surface area contributed by atoms with E-state index in [9.17, 15) is 14.4 Å². The molecule has 1 unspecified atom stereocenters. The molecule has 0 bridgehead atoms. The van der Waals surface area contributed by atoms with Gasteiger partial charge in [-0.05, 0) is 61.9 Å². The maximum atomic E-state index is 12.2. The molecule has 7 heteroatoms. The van der Waals surface area contributed by atoms with Gasteiger partial charge in [-0.25, -0.2) is 0 Å². The lowest BCUT2D eigenvalue weighted by Crippen LogP contribution is -2.30. The van der Waals surface area contributed by atoms with Crippen LogP contribution in [0.25, 0.3) is 0 Å². The van der Waals surface area contributed by atoms with Crippen LogP contribution in [-0.2, 0) is 14.3 Å². The molecule has 156 valence electrons. The summed E-state index contributed by atoms with van der Waals surface area (Å²) in [5.41, 5.74) is 1.45. The first kappa shape index (κ1) is 22.6. The molecule has 30 heavy (non-hydrogen) atoms. The number of hydrogen-bond acceptors (Lipinski definition) is 6. The Labute approximate surface area is 175 Å². The molecule has 0 aliphatic rings. The number of hydrogen-bond donors (Lipinski definition) is 1. The van der Waals surface area contributed by atoms with E-state index in [-0.39, 0.29) is 18.6 Å². The van der Waals surface area contributed by atoms with Gasteiger partial charge in [-0.15, -0.1) is 0 Å². The fourth-order valence-corrected chi connectivity index (χ4v) is 2.50. The molecular weight excluding hydrogens is 384 g/mol. The minimum atomic E-state index is -1.02. The van der Waals surface area contributed by atoms with Gasteiger partial charge in [0.25, 0.3) is 5.91 Å². The van der Waals surface area contributed by atoms with Crippen LogP contribution in [0.4, 0.5) is 5.69 Å². The minimum absolute atomic E-state index is 0.0159. The fraction of sp³-hybridized carbons (Fsp3) is 0.304. The molecule has 0 radical (unpaired) electrons. The van der Waals surface area contributed by atoms with Gasteiger partial charge in [0.15, 0.2) is 11.9 Å². The molecule has 1 N–H and O–H groups in total. The van der Waals surface area contributed by atoms with E-state index >= 15 is 0 Å². The van der Waals surface area contributed by atoms with Crippen LogP contribution in [-0.4, -0.2) is 30.4 Å². The molecule has 1 atom stereocenters. The highest BCUT2D eigenvalue weighted by atomic mass is 16.5. The summed E-state index contributed by atoms with van der Waals surface area (Å²) in [6.07, 6.45) is -0.259. The Morgan fingerprint density at radius 2 is 1.70 bits per heavy atom. The molecule has 0 spiro atoms. The summed E-state index contributed by atoms with van der Waals surface area (Å²) < 4.78 is 10.6. The molecule has 1 amide bonds. The molecule has 7 nitrogen and oxygen atoms in total. The summed E-state index contributed by atoms with van der Waals surface area (Å²) in [7, 11) is 0. The summed E-state index contributed by atoms with van der Waals surface area (Å²) in [6.45, 7) is 4.07. The van der Waals surface area contributed by atoms with Gasteiger partial charge in [0.05, 0.1) is 24.7 Å². The zero-order valence-electron chi connectivity index (χ0n) is 17.0. The molecule has 2 aromatic carbocycles. The number of Topliss-reactive ketones (excluding diaryl/α,β-unsaturated/α-hetero) is 1. The second-order valence-electron chi connectivity index (χ2n) is 6.61. The van der Waals surface area contributed by atoms with Crippen molar-refractivity contribution in [2.45, 2.75) is 39.2 Å². The van der Waals surface area contributed by atoms with Gasteiger partial charge in [-0.2, -0.15) is 5.26 Å². The van der Waals surface area contributed by atoms with E-state index in [1.165, 1.54) is 6.92 Å².